The molecule has 7 nitrogen and oxygen atoms in total. The number of hydrogen-bond donors (Lipinski definition) is 0. The van der Waals surface area contributed by atoms with Crippen LogP contribution >= 0.6 is 0 Å². The maximum atomic E-state index is 14.5. The Morgan fingerprint density at radius 1 is 0.757 bits per heavy atom. The van der Waals surface area contributed by atoms with Crippen molar-refractivity contribution in [2.75, 3.05) is 33.3 Å². The third-order valence-electron chi connectivity index (χ3n) is 6.06. The molecule has 0 saturated carbocycles. The summed E-state index contributed by atoms with van der Waals surface area (Å²) in [6, 6.07) is 14.7. The Morgan fingerprint density at radius 3 is 1.81 bits per heavy atom. The first-order valence-electron chi connectivity index (χ1n) is 11.3. The van der Waals surface area contributed by atoms with Crippen LogP contribution in [0.5, 0.6) is 23.0 Å². The lowest BCUT2D eigenvalue weighted by Crippen LogP contribution is -2.24. The van der Waals surface area contributed by atoms with E-state index in [9.17, 15) is 13.6 Å². The monoisotopic (exact) mass is 508 g/mol. The lowest BCUT2D eigenvalue weighted by atomic mass is 10.1. The molecule has 0 atom stereocenters. The number of nitrogens with zero attached hydrogens (tertiary/aromatic N) is 2. The van der Waals surface area contributed by atoms with Gasteiger partial charge in [-0.2, -0.15) is 0 Å². The van der Waals surface area contributed by atoms with E-state index in [1.54, 1.807) is 46.6 Å². The van der Waals surface area contributed by atoms with Crippen molar-refractivity contribution < 1.29 is 32.5 Å². The van der Waals surface area contributed by atoms with Crippen LogP contribution in [0.4, 0.5) is 14.6 Å². The fraction of sp³-hybridized carbons (Fsp3) is 0.214. The number of methoxy groups -OCH3 is 4. The average Bonchev–Trinajstić information content (AvgIpc) is 2.92. The Kier molecular flexibility index (Phi) is 7.71. The summed E-state index contributed by atoms with van der Waals surface area (Å²) in [7, 11) is 6.26. The van der Waals surface area contributed by atoms with E-state index in [1.165, 1.54) is 6.07 Å². The van der Waals surface area contributed by atoms with E-state index in [-0.39, 0.29) is 16.5 Å². The molecule has 0 radical (unpaired) electrons. The topological polar surface area (TPSA) is 70.1 Å². The summed E-state index contributed by atoms with van der Waals surface area (Å²) in [5.74, 6) is 1.09. The third-order valence-corrected chi connectivity index (χ3v) is 6.06. The number of hydrogen-bond acceptors (Lipinski definition) is 7. The van der Waals surface area contributed by atoms with Crippen LogP contribution in [0.3, 0.4) is 0 Å². The standard InChI is InChI=1S/C28H26F2N2O5/c1-34-19-7-5-17(25(11-19)36-3)14-32(15-18-6-8-20(35-2)12-26(18)37-4)27-10-9-21-23(29)13-24(30)22(16-33)28(21)31-27/h5-13,16H,14-15H2,1-4H3. The molecule has 3 aromatic carbocycles. The number of ether oxygens (including phenoxy) is 4. The van der Waals surface area contributed by atoms with Crippen LogP contribution in [0.15, 0.2) is 54.6 Å². The second-order valence-corrected chi connectivity index (χ2v) is 8.15. The van der Waals surface area contributed by atoms with Gasteiger partial charge in [-0.15, -0.1) is 0 Å². The van der Waals surface area contributed by atoms with Gasteiger partial charge < -0.3 is 23.8 Å². The van der Waals surface area contributed by atoms with Gasteiger partial charge in [-0.3, -0.25) is 4.79 Å². The molecule has 0 aliphatic carbocycles. The molecule has 0 aliphatic heterocycles. The number of halogens is 2. The molecule has 0 amide bonds. The summed E-state index contributed by atoms with van der Waals surface area (Å²) >= 11 is 0. The molecule has 0 saturated heterocycles. The Morgan fingerprint density at radius 2 is 1.32 bits per heavy atom. The van der Waals surface area contributed by atoms with Crippen molar-refractivity contribution in [2.24, 2.45) is 0 Å². The van der Waals surface area contributed by atoms with Gasteiger partial charge in [0.25, 0.3) is 0 Å². The molecular formula is C28H26F2N2O5. The van der Waals surface area contributed by atoms with Gasteiger partial charge in [-0.25, -0.2) is 13.8 Å². The first-order chi connectivity index (χ1) is 17.9. The molecule has 37 heavy (non-hydrogen) atoms. The normalized spacial score (nSPS) is 10.8. The minimum atomic E-state index is -0.968. The first-order valence-corrected chi connectivity index (χ1v) is 11.3. The highest BCUT2D eigenvalue weighted by atomic mass is 19.1. The van der Waals surface area contributed by atoms with Gasteiger partial charge in [0.1, 0.15) is 40.5 Å². The van der Waals surface area contributed by atoms with Crippen molar-refractivity contribution in [2.45, 2.75) is 13.1 Å². The fourth-order valence-electron chi connectivity index (χ4n) is 4.11. The predicted molar refractivity (Wildman–Crippen MR) is 136 cm³/mol. The maximum Gasteiger partial charge on any atom is 0.155 e. The lowest BCUT2D eigenvalue weighted by Gasteiger charge is -2.26. The summed E-state index contributed by atoms with van der Waals surface area (Å²) in [6.45, 7) is 0.629. The number of carbonyl (C=O) groups is 1. The number of anilines is 1. The number of fused-ring (bicyclic) bond motifs is 1. The third kappa shape index (κ3) is 5.25. The molecule has 0 spiro atoms. The molecular weight excluding hydrogens is 482 g/mol. The highest BCUT2D eigenvalue weighted by molar-refractivity contribution is 5.96. The molecule has 0 bridgehead atoms. The van der Waals surface area contributed by atoms with Gasteiger partial charge in [0.05, 0.1) is 39.5 Å². The number of aromatic nitrogens is 1. The van der Waals surface area contributed by atoms with Crippen LogP contribution in [-0.2, 0) is 13.1 Å². The Balaban J connectivity index is 1.85. The summed E-state index contributed by atoms with van der Waals surface area (Å²) < 4.78 is 50.6. The Bertz CT molecular complexity index is 1390. The molecule has 0 N–H and O–H groups in total. The van der Waals surface area contributed by atoms with Crippen LogP contribution in [0.1, 0.15) is 21.5 Å². The van der Waals surface area contributed by atoms with E-state index in [0.29, 0.717) is 54.3 Å². The van der Waals surface area contributed by atoms with Gasteiger partial charge in [0.2, 0.25) is 0 Å². The molecule has 4 aromatic rings. The van der Waals surface area contributed by atoms with Crippen LogP contribution in [-0.4, -0.2) is 39.7 Å². The SMILES string of the molecule is COc1ccc(CN(Cc2ccc(OC)cc2OC)c2ccc3c(F)cc(F)c(C=O)c3n2)c(OC)c1. The summed E-state index contributed by atoms with van der Waals surface area (Å²) in [5, 5.41) is 0.0521. The zero-order valence-electron chi connectivity index (χ0n) is 20.9. The van der Waals surface area contributed by atoms with Gasteiger partial charge in [-0.05, 0) is 36.4 Å². The van der Waals surface area contributed by atoms with E-state index in [4.69, 9.17) is 18.9 Å². The van der Waals surface area contributed by atoms with Gasteiger partial charge in [0.15, 0.2) is 6.29 Å². The second kappa shape index (κ2) is 11.1. The van der Waals surface area contributed by atoms with Crippen molar-refractivity contribution in [3.63, 3.8) is 0 Å². The van der Waals surface area contributed by atoms with Crippen LogP contribution in [0.25, 0.3) is 10.9 Å². The molecule has 1 aromatic heterocycles. The minimum Gasteiger partial charge on any atom is -0.497 e. The molecule has 0 unspecified atom stereocenters. The predicted octanol–water partition coefficient (Wildman–Crippen LogP) is 5.57. The van der Waals surface area contributed by atoms with Crippen LogP contribution < -0.4 is 23.8 Å². The lowest BCUT2D eigenvalue weighted by molar-refractivity contribution is 0.112. The van der Waals surface area contributed by atoms with E-state index in [0.717, 1.165) is 11.1 Å². The van der Waals surface area contributed by atoms with Crippen LogP contribution in [0, 0.1) is 11.6 Å². The van der Waals surface area contributed by atoms with Gasteiger partial charge >= 0.3 is 0 Å². The van der Waals surface area contributed by atoms with E-state index < -0.39 is 11.6 Å². The second-order valence-electron chi connectivity index (χ2n) is 8.15. The minimum absolute atomic E-state index is 0.0521. The Labute approximate surface area is 213 Å². The summed E-state index contributed by atoms with van der Waals surface area (Å²) in [4.78, 5) is 18.0. The molecule has 1 heterocycles. The number of carbonyl (C=O) groups excluding carboxylic acids is 1. The smallest absolute Gasteiger partial charge is 0.155 e. The van der Waals surface area contributed by atoms with Crippen molar-refractivity contribution >= 4 is 23.0 Å². The first kappa shape index (κ1) is 25.7. The highest BCUT2D eigenvalue weighted by Crippen LogP contribution is 2.32. The van der Waals surface area contributed by atoms with Gasteiger partial charge in [0, 0.05) is 47.8 Å². The zero-order chi connectivity index (χ0) is 26.5. The van der Waals surface area contributed by atoms with E-state index in [2.05, 4.69) is 4.98 Å². The molecule has 0 fully saturated rings. The number of pyridine rings is 1. The van der Waals surface area contributed by atoms with E-state index in [1.807, 2.05) is 29.2 Å². The largest absolute Gasteiger partial charge is 0.497 e. The highest BCUT2D eigenvalue weighted by Gasteiger charge is 2.19. The molecule has 4 rings (SSSR count). The number of rotatable bonds is 10. The van der Waals surface area contributed by atoms with Crippen molar-refractivity contribution in [1.82, 2.24) is 4.98 Å². The van der Waals surface area contributed by atoms with Gasteiger partial charge in [-0.1, -0.05) is 0 Å². The molecule has 0 aliphatic rings. The van der Waals surface area contributed by atoms with E-state index >= 15 is 0 Å². The van der Waals surface area contributed by atoms with Crippen molar-refractivity contribution in [3.05, 3.63) is 82.9 Å². The average molecular weight is 509 g/mol. The van der Waals surface area contributed by atoms with Crippen molar-refractivity contribution in [3.8, 4) is 23.0 Å². The summed E-state index contributed by atoms with van der Waals surface area (Å²) in [6.07, 6.45) is 0.344. The number of benzene rings is 3. The fourth-order valence-corrected chi connectivity index (χ4v) is 4.11. The number of aldehydes is 1. The van der Waals surface area contributed by atoms with Crippen LogP contribution in [0.2, 0.25) is 0 Å². The van der Waals surface area contributed by atoms with Crippen molar-refractivity contribution in [1.29, 1.82) is 0 Å². The molecule has 9 heteroatoms. The Hall–Kier alpha value is -4.40. The zero-order valence-corrected chi connectivity index (χ0v) is 20.9. The summed E-state index contributed by atoms with van der Waals surface area (Å²) in [5.41, 5.74) is 1.28. The quantitative estimate of drug-likeness (QED) is 0.260. The maximum absolute atomic E-state index is 14.5. The molecule has 192 valence electrons.